The second-order valence-electron chi connectivity index (χ2n) is 5.05. The Morgan fingerprint density at radius 1 is 1.11 bits per heavy atom. The van der Waals surface area contributed by atoms with Gasteiger partial charge in [0.05, 0.1) is 6.61 Å². The molecule has 0 bridgehead atoms. The van der Waals surface area contributed by atoms with Gasteiger partial charge in [0.2, 0.25) is 0 Å². The quantitative estimate of drug-likeness (QED) is 0.672. The molecule has 0 fully saturated rings. The summed E-state index contributed by atoms with van der Waals surface area (Å²) in [5.41, 5.74) is 1.36. The Bertz CT molecular complexity index is 297. The number of hydrogen-bond acceptors (Lipinski definition) is 2. The Hall–Kier alpha value is -0.860. The summed E-state index contributed by atoms with van der Waals surface area (Å²) in [6.45, 7) is 9.30. The zero-order valence-electron chi connectivity index (χ0n) is 12.0. The smallest absolute Gasteiger partial charge is 0.0591 e. The summed E-state index contributed by atoms with van der Waals surface area (Å²) in [7, 11) is 0. The molecule has 0 saturated heterocycles. The van der Waals surface area contributed by atoms with Crippen LogP contribution in [0.4, 0.5) is 0 Å². The van der Waals surface area contributed by atoms with E-state index in [9.17, 15) is 0 Å². The standard InChI is InChI=1S/C16H27NO/c1-4-5-12-18-13-11-17-16(14(2)3)15-9-7-6-8-10-15/h6-10,14,16-17H,4-5,11-13H2,1-3H3. The lowest BCUT2D eigenvalue weighted by molar-refractivity contribution is 0.129. The fourth-order valence-electron chi connectivity index (χ4n) is 2.03. The van der Waals surface area contributed by atoms with Crippen LogP contribution < -0.4 is 5.32 Å². The summed E-state index contributed by atoms with van der Waals surface area (Å²) < 4.78 is 5.58. The molecule has 1 atom stereocenters. The average molecular weight is 249 g/mol. The molecule has 1 N–H and O–H groups in total. The van der Waals surface area contributed by atoms with E-state index in [0.717, 1.165) is 26.2 Å². The third-order valence-corrected chi connectivity index (χ3v) is 3.08. The lowest BCUT2D eigenvalue weighted by atomic mass is 9.96. The van der Waals surface area contributed by atoms with E-state index in [4.69, 9.17) is 4.74 Å². The van der Waals surface area contributed by atoms with E-state index in [2.05, 4.69) is 56.4 Å². The topological polar surface area (TPSA) is 21.3 Å². The van der Waals surface area contributed by atoms with E-state index < -0.39 is 0 Å². The van der Waals surface area contributed by atoms with Crippen LogP contribution in [-0.4, -0.2) is 19.8 Å². The molecule has 0 aromatic heterocycles. The van der Waals surface area contributed by atoms with E-state index in [1.807, 2.05) is 0 Å². The third-order valence-electron chi connectivity index (χ3n) is 3.08. The lowest BCUT2D eigenvalue weighted by Crippen LogP contribution is -2.29. The highest BCUT2D eigenvalue weighted by Crippen LogP contribution is 2.20. The highest BCUT2D eigenvalue weighted by Gasteiger charge is 2.13. The van der Waals surface area contributed by atoms with Crippen molar-refractivity contribution < 1.29 is 4.74 Å². The summed E-state index contributed by atoms with van der Waals surface area (Å²) >= 11 is 0. The molecule has 0 spiro atoms. The van der Waals surface area contributed by atoms with Crippen LogP contribution in [-0.2, 0) is 4.74 Å². The van der Waals surface area contributed by atoms with Crippen LogP contribution in [0.15, 0.2) is 30.3 Å². The van der Waals surface area contributed by atoms with Crippen molar-refractivity contribution in [3.05, 3.63) is 35.9 Å². The van der Waals surface area contributed by atoms with Crippen molar-refractivity contribution in [2.24, 2.45) is 5.92 Å². The Labute approximate surface area is 112 Å². The highest BCUT2D eigenvalue weighted by atomic mass is 16.5. The maximum Gasteiger partial charge on any atom is 0.0591 e. The van der Waals surface area contributed by atoms with E-state index >= 15 is 0 Å². The molecule has 2 heteroatoms. The minimum Gasteiger partial charge on any atom is -0.380 e. The molecule has 1 aromatic carbocycles. The Kier molecular flexibility index (Phi) is 7.70. The van der Waals surface area contributed by atoms with Crippen molar-refractivity contribution in [1.29, 1.82) is 0 Å². The maximum absolute atomic E-state index is 5.58. The third kappa shape index (κ3) is 5.65. The minimum atomic E-state index is 0.418. The first-order chi connectivity index (χ1) is 8.75. The summed E-state index contributed by atoms with van der Waals surface area (Å²) in [4.78, 5) is 0. The van der Waals surface area contributed by atoms with E-state index in [1.165, 1.54) is 12.0 Å². The van der Waals surface area contributed by atoms with Gasteiger partial charge in [0, 0.05) is 19.2 Å². The first-order valence-electron chi connectivity index (χ1n) is 7.11. The van der Waals surface area contributed by atoms with Crippen LogP contribution in [0.3, 0.4) is 0 Å². The van der Waals surface area contributed by atoms with E-state index in [1.54, 1.807) is 0 Å². The SMILES string of the molecule is CCCCOCCNC(c1ccccc1)C(C)C. The fraction of sp³-hybridized carbons (Fsp3) is 0.625. The molecule has 1 unspecified atom stereocenters. The summed E-state index contributed by atoms with van der Waals surface area (Å²) in [6, 6.07) is 11.1. The zero-order valence-corrected chi connectivity index (χ0v) is 12.0. The second-order valence-corrected chi connectivity index (χ2v) is 5.05. The van der Waals surface area contributed by atoms with Gasteiger partial charge in [-0.1, -0.05) is 57.5 Å². The van der Waals surface area contributed by atoms with Crippen molar-refractivity contribution >= 4 is 0 Å². The molecular formula is C16H27NO. The molecule has 0 aliphatic carbocycles. The van der Waals surface area contributed by atoms with Gasteiger partial charge < -0.3 is 10.1 Å². The van der Waals surface area contributed by atoms with Crippen molar-refractivity contribution in [2.45, 2.75) is 39.7 Å². The van der Waals surface area contributed by atoms with Gasteiger partial charge in [-0.2, -0.15) is 0 Å². The van der Waals surface area contributed by atoms with Gasteiger partial charge in [-0.05, 0) is 17.9 Å². The fourth-order valence-corrected chi connectivity index (χ4v) is 2.03. The van der Waals surface area contributed by atoms with Gasteiger partial charge in [0.25, 0.3) is 0 Å². The van der Waals surface area contributed by atoms with Crippen LogP contribution in [0.2, 0.25) is 0 Å². The van der Waals surface area contributed by atoms with Crippen molar-refractivity contribution in [3.8, 4) is 0 Å². The zero-order chi connectivity index (χ0) is 13.2. The van der Waals surface area contributed by atoms with Gasteiger partial charge >= 0.3 is 0 Å². The summed E-state index contributed by atoms with van der Waals surface area (Å²) in [5.74, 6) is 0.586. The predicted octanol–water partition coefficient (Wildman–Crippen LogP) is 3.79. The van der Waals surface area contributed by atoms with Crippen LogP contribution in [0.25, 0.3) is 0 Å². The number of rotatable bonds is 9. The normalized spacial score (nSPS) is 12.9. The molecule has 1 rings (SSSR count). The second kappa shape index (κ2) is 9.12. The molecule has 0 aliphatic heterocycles. The molecule has 0 saturated carbocycles. The van der Waals surface area contributed by atoms with Crippen molar-refractivity contribution in [2.75, 3.05) is 19.8 Å². The van der Waals surface area contributed by atoms with Gasteiger partial charge in [0.1, 0.15) is 0 Å². The first kappa shape index (κ1) is 15.2. The molecule has 18 heavy (non-hydrogen) atoms. The average Bonchev–Trinajstić information content (AvgIpc) is 2.38. The lowest BCUT2D eigenvalue weighted by Gasteiger charge is -2.23. The van der Waals surface area contributed by atoms with Crippen LogP contribution in [0, 0.1) is 5.92 Å². The minimum absolute atomic E-state index is 0.418. The number of unbranched alkanes of at least 4 members (excludes halogenated alkanes) is 1. The van der Waals surface area contributed by atoms with E-state index in [-0.39, 0.29) is 0 Å². The molecule has 0 heterocycles. The van der Waals surface area contributed by atoms with Gasteiger partial charge in [-0.25, -0.2) is 0 Å². The van der Waals surface area contributed by atoms with Crippen LogP contribution in [0.1, 0.15) is 45.2 Å². The molecule has 1 aromatic rings. The van der Waals surface area contributed by atoms with Crippen LogP contribution in [0.5, 0.6) is 0 Å². The number of ether oxygens (including phenoxy) is 1. The summed E-state index contributed by atoms with van der Waals surface area (Å²) in [5, 5.41) is 3.59. The predicted molar refractivity (Wildman–Crippen MR) is 77.8 cm³/mol. The largest absolute Gasteiger partial charge is 0.380 e. The number of benzene rings is 1. The Morgan fingerprint density at radius 3 is 2.44 bits per heavy atom. The number of nitrogens with one attached hydrogen (secondary N) is 1. The molecule has 0 aliphatic rings. The Balaban J connectivity index is 2.31. The van der Waals surface area contributed by atoms with Crippen LogP contribution >= 0.6 is 0 Å². The number of hydrogen-bond donors (Lipinski definition) is 1. The summed E-state index contributed by atoms with van der Waals surface area (Å²) in [6.07, 6.45) is 2.36. The van der Waals surface area contributed by atoms with Crippen molar-refractivity contribution in [3.63, 3.8) is 0 Å². The van der Waals surface area contributed by atoms with Gasteiger partial charge in [-0.15, -0.1) is 0 Å². The Morgan fingerprint density at radius 2 is 1.83 bits per heavy atom. The monoisotopic (exact) mass is 249 g/mol. The molecule has 0 radical (unpaired) electrons. The molecular weight excluding hydrogens is 222 g/mol. The van der Waals surface area contributed by atoms with Crippen molar-refractivity contribution in [1.82, 2.24) is 5.32 Å². The van der Waals surface area contributed by atoms with E-state index in [0.29, 0.717) is 12.0 Å². The molecule has 0 amide bonds. The maximum atomic E-state index is 5.58. The molecule has 102 valence electrons. The highest BCUT2D eigenvalue weighted by molar-refractivity contribution is 5.19. The first-order valence-corrected chi connectivity index (χ1v) is 7.11. The molecule has 2 nitrogen and oxygen atoms in total. The van der Waals surface area contributed by atoms with Gasteiger partial charge in [0.15, 0.2) is 0 Å². The van der Waals surface area contributed by atoms with Gasteiger partial charge in [-0.3, -0.25) is 0 Å².